The predicted octanol–water partition coefficient (Wildman–Crippen LogP) is 13.2. The second kappa shape index (κ2) is 11.0. The van der Waals surface area contributed by atoms with Crippen LogP contribution in [0.5, 0.6) is 0 Å². The molecule has 51 heavy (non-hydrogen) atoms. The van der Waals surface area contributed by atoms with Gasteiger partial charge in [0.1, 0.15) is 0 Å². The van der Waals surface area contributed by atoms with Crippen LogP contribution >= 0.6 is 0 Å². The Morgan fingerprint density at radius 1 is 0.412 bits per heavy atom. The van der Waals surface area contributed by atoms with Crippen molar-refractivity contribution >= 4 is 28.2 Å². The maximum Gasteiger partial charge on any atom is 0.0635 e. The van der Waals surface area contributed by atoms with Crippen LogP contribution in [-0.4, -0.2) is 6.04 Å². The molecular formula is C50H33N. The molecule has 2 atom stereocenters. The number of nitrogens with zero attached hydrogens (tertiary/aromatic N) is 1. The Kier molecular flexibility index (Phi) is 6.15. The summed E-state index contributed by atoms with van der Waals surface area (Å²) in [6, 6.07) is 65.4. The second-order valence-electron chi connectivity index (χ2n) is 14.0. The van der Waals surface area contributed by atoms with Crippen molar-refractivity contribution < 1.29 is 0 Å². The topological polar surface area (TPSA) is 3.24 Å². The van der Waals surface area contributed by atoms with Gasteiger partial charge in [0.2, 0.25) is 0 Å². The molecule has 8 aromatic carbocycles. The van der Waals surface area contributed by atoms with Crippen LogP contribution in [0.1, 0.15) is 22.6 Å². The quantitative estimate of drug-likeness (QED) is 0.184. The van der Waals surface area contributed by atoms with Crippen LogP contribution < -0.4 is 4.90 Å². The Morgan fingerprint density at radius 3 is 1.78 bits per heavy atom. The first-order chi connectivity index (χ1) is 25.3. The number of fused-ring (bicyclic) bond motifs is 8. The molecule has 238 valence electrons. The Balaban J connectivity index is 1.13. The molecular weight excluding hydrogens is 615 g/mol. The summed E-state index contributed by atoms with van der Waals surface area (Å²) in [6.45, 7) is 0. The van der Waals surface area contributed by atoms with E-state index in [9.17, 15) is 0 Å². The van der Waals surface area contributed by atoms with Gasteiger partial charge in [0.05, 0.1) is 6.04 Å². The molecule has 11 rings (SSSR count). The van der Waals surface area contributed by atoms with E-state index in [1.165, 1.54) is 94.5 Å². The van der Waals surface area contributed by atoms with E-state index in [4.69, 9.17) is 0 Å². The van der Waals surface area contributed by atoms with E-state index in [1.807, 2.05) is 0 Å². The fourth-order valence-corrected chi connectivity index (χ4v) is 9.24. The van der Waals surface area contributed by atoms with Gasteiger partial charge in [-0.1, -0.05) is 164 Å². The van der Waals surface area contributed by atoms with Crippen LogP contribution in [0.15, 0.2) is 182 Å². The van der Waals surface area contributed by atoms with E-state index in [0.717, 1.165) is 0 Å². The first-order valence-electron chi connectivity index (χ1n) is 17.9. The second-order valence-corrected chi connectivity index (χ2v) is 14.0. The highest BCUT2D eigenvalue weighted by atomic mass is 15.2. The molecule has 0 bridgehead atoms. The van der Waals surface area contributed by atoms with Gasteiger partial charge in [0.25, 0.3) is 0 Å². The molecule has 0 amide bonds. The van der Waals surface area contributed by atoms with Crippen molar-refractivity contribution in [1.29, 1.82) is 0 Å². The SMILES string of the molecule is C1=CC2C(c3ccccc31)c1ccccc1N2c1ccc(-c2cc(-c3ccccc3)c3c(c2-c2ccccc2)-c2cccc4cccc-3c24)cc1. The van der Waals surface area contributed by atoms with Gasteiger partial charge in [0, 0.05) is 17.3 Å². The molecule has 0 fully saturated rings. The number of hydrogen-bond donors (Lipinski definition) is 0. The van der Waals surface area contributed by atoms with Crippen molar-refractivity contribution in [2.75, 3.05) is 4.90 Å². The van der Waals surface area contributed by atoms with Crippen molar-refractivity contribution in [3.05, 3.63) is 199 Å². The summed E-state index contributed by atoms with van der Waals surface area (Å²) in [4.78, 5) is 2.55. The lowest BCUT2D eigenvalue weighted by Gasteiger charge is -2.31. The minimum Gasteiger partial charge on any atom is -0.333 e. The maximum atomic E-state index is 2.55. The Bertz CT molecular complexity index is 2680. The van der Waals surface area contributed by atoms with Gasteiger partial charge < -0.3 is 4.90 Å². The number of hydrogen-bond acceptors (Lipinski definition) is 1. The van der Waals surface area contributed by atoms with Crippen molar-refractivity contribution in [3.63, 3.8) is 0 Å². The highest BCUT2D eigenvalue weighted by Gasteiger charge is 2.41. The van der Waals surface area contributed by atoms with Crippen molar-refractivity contribution in [3.8, 4) is 55.6 Å². The lowest BCUT2D eigenvalue weighted by atomic mass is 9.81. The third kappa shape index (κ3) is 4.16. The molecule has 2 aliphatic carbocycles. The van der Waals surface area contributed by atoms with Gasteiger partial charge in [-0.3, -0.25) is 0 Å². The number of para-hydroxylation sites is 1. The number of anilines is 2. The van der Waals surface area contributed by atoms with E-state index in [-0.39, 0.29) is 6.04 Å². The zero-order valence-electron chi connectivity index (χ0n) is 28.0. The summed E-state index contributed by atoms with van der Waals surface area (Å²) in [6.07, 6.45) is 4.71. The molecule has 2 unspecified atom stereocenters. The van der Waals surface area contributed by atoms with E-state index >= 15 is 0 Å². The van der Waals surface area contributed by atoms with E-state index in [2.05, 4.69) is 193 Å². The van der Waals surface area contributed by atoms with Crippen LogP contribution in [-0.2, 0) is 0 Å². The van der Waals surface area contributed by atoms with Crippen molar-refractivity contribution in [1.82, 2.24) is 0 Å². The summed E-state index contributed by atoms with van der Waals surface area (Å²) >= 11 is 0. The molecule has 0 radical (unpaired) electrons. The zero-order chi connectivity index (χ0) is 33.5. The minimum absolute atomic E-state index is 0.228. The smallest absolute Gasteiger partial charge is 0.0635 e. The highest BCUT2D eigenvalue weighted by Crippen LogP contribution is 2.57. The largest absolute Gasteiger partial charge is 0.333 e. The van der Waals surface area contributed by atoms with Gasteiger partial charge in [-0.25, -0.2) is 0 Å². The van der Waals surface area contributed by atoms with Gasteiger partial charge >= 0.3 is 0 Å². The average molecular weight is 648 g/mol. The lowest BCUT2D eigenvalue weighted by Crippen LogP contribution is -2.30. The highest BCUT2D eigenvalue weighted by molar-refractivity contribution is 6.22. The van der Waals surface area contributed by atoms with Crippen LogP contribution in [0.4, 0.5) is 11.4 Å². The molecule has 3 aliphatic rings. The number of benzene rings is 8. The van der Waals surface area contributed by atoms with Crippen molar-refractivity contribution in [2.45, 2.75) is 12.0 Å². The van der Waals surface area contributed by atoms with Gasteiger partial charge in [0.15, 0.2) is 0 Å². The monoisotopic (exact) mass is 647 g/mol. The average Bonchev–Trinajstić information content (AvgIpc) is 3.73. The van der Waals surface area contributed by atoms with Gasteiger partial charge in [-0.05, 0) is 107 Å². The number of rotatable bonds is 4. The summed E-state index contributed by atoms with van der Waals surface area (Å²) in [5.41, 5.74) is 19.4. The van der Waals surface area contributed by atoms with Crippen molar-refractivity contribution in [2.24, 2.45) is 0 Å². The maximum absolute atomic E-state index is 2.55. The molecule has 0 aromatic heterocycles. The molecule has 1 nitrogen and oxygen atoms in total. The Labute approximate surface area is 298 Å². The van der Waals surface area contributed by atoms with Crippen LogP contribution in [0, 0.1) is 0 Å². The molecule has 0 spiro atoms. The van der Waals surface area contributed by atoms with E-state index in [1.54, 1.807) is 0 Å². The van der Waals surface area contributed by atoms with Crippen LogP contribution in [0.2, 0.25) is 0 Å². The fourth-order valence-electron chi connectivity index (χ4n) is 9.24. The molecule has 0 saturated carbocycles. The first-order valence-corrected chi connectivity index (χ1v) is 17.9. The van der Waals surface area contributed by atoms with E-state index in [0.29, 0.717) is 5.92 Å². The molecule has 1 aliphatic heterocycles. The standard InChI is InChI=1S/C50H33N/c1-3-13-32(14-4-1)43-31-42(47(36-16-5-2-6-17-36)50-41-23-12-19-35-18-11-22-40(46(35)41)49(43)50)34-25-28-37(29-26-34)51-44-24-10-9-21-39(44)48-38-20-8-7-15-33(38)27-30-45(48)51/h1-31,45,48H. The van der Waals surface area contributed by atoms with Gasteiger partial charge in [-0.2, -0.15) is 0 Å². The summed E-state index contributed by atoms with van der Waals surface area (Å²) in [7, 11) is 0. The molecule has 8 aromatic rings. The van der Waals surface area contributed by atoms with E-state index < -0.39 is 0 Å². The summed E-state index contributed by atoms with van der Waals surface area (Å²) in [5.74, 6) is 0.307. The van der Waals surface area contributed by atoms with Crippen LogP contribution in [0.25, 0.3) is 72.5 Å². The Hall–Kier alpha value is -6.44. The normalized spacial score (nSPS) is 16.1. The predicted molar refractivity (Wildman–Crippen MR) is 214 cm³/mol. The Morgan fingerprint density at radius 2 is 1.02 bits per heavy atom. The zero-order valence-corrected chi connectivity index (χ0v) is 28.0. The van der Waals surface area contributed by atoms with Crippen LogP contribution in [0.3, 0.4) is 0 Å². The summed E-state index contributed by atoms with van der Waals surface area (Å²) < 4.78 is 0. The molecule has 0 saturated heterocycles. The molecule has 1 heterocycles. The lowest BCUT2D eigenvalue weighted by molar-refractivity contribution is 0.724. The fraction of sp³-hybridized carbons (Fsp3) is 0.0400. The molecule has 1 heteroatoms. The first kappa shape index (κ1) is 28.4. The third-order valence-electron chi connectivity index (χ3n) is 11.3. The van der Waals surface area contributed by atoms with Gasteiger partial charge in [-0.15, -0.1) is 0 Å². The minimum atomic E-state index is 0.228. The molecule has 0 N–H and O–H groups in total. The summed E-state index contributed by atoms with van der Waals surface area (Å²) in [5, 5.41) is 2.63. The third-order valence-corrected chi connectivity index (χ3v) is 11.3.